The molecule has 0 radical (unpaired) electrons. The van der Waals surface area contributed by atoms with E-state index in [1.165, 1.54) is 19.5 Å². The molecule has 0 amide bonds. The quantitative estimate of drug-likeness (QED) is 0.571. The van der Waals surface area contributed by atoms with E-state index in [2.05, 4.69) is 4.90 Å². The molecule has 2 unspecified atom stereocenters. The number of methoxy groups -OCH3 is 1. The molecule has 0 aliphatic carbocycles. The maximum atomic E-state index is 5.19. The van der Waals surface area contributed by atoms with Gasteiger partial charge in [0.15, 0.2) is 0 Å². The average Bonchev–Trinajstić information content (AvgIpc) is 2.74. The van der Waals surface area contributed by atoms with Gasteiger partial charge in [-0.2, -0.15) is 0 Å². The van der Waals surface area contributed by atoms with Crippen molar-refractivity contribution in [2.24, 2.45) is 5.92 Å². The highest BCUT2D eigenvalue weighted by Crippen LogP contribution is 2.19. The SMILES string of the molecule is COCC1CCN(CC2CO2)C1. The minimum Gasteiger partial charge on any atom is -0.384 e. The van der Waals surface area contributed by atoms with Gasteiger partial charge in [0.05, 0.1) is 19.3 Å². The fourth-order valence-electron chi connectivity index (χ4n) is 1.91. The van der Waals surface area contributed by atoms with Crippen LogP contribution < -0.4 is 0 Å². The molecular formula is C9H17NO2. The van der Waals surface area contributed by atoms with Crippen molar-refractivity contribution >= 4 is 0 Å². The average molecular weight is 171 g/mol. The predicted molar refractivity (Wildman–Crippen MR) is 46.2 cm³/mol. The molecule has 2 fully saturated rings. The van der Waals surface area contributed by atoms with E-state index in [4.69, 9.17) is 9.47 Å². The lowest BCUT2D eigenvalue weighted by Gasteiger charge is -2.13. The van der Waals surface area contributed by atoms with Crippen molar-refractivity contribution in [3.8, 4) is 0 Å². The van der Waals surface area contributed by atoms with Gasteiger partial charge in [0.25, 0.3) is 0 Å². The maximum Gasteiger partial charge on any atom is 0.0936 e. The van der Waals surface area contributed by atoms with E-state index in [1.54, 1.807) is 7.11 Å². The zero-order chi connectivity index (χ0) is 8.39. The van der Waals surface area contributed by atoms with Gasteiger partial charge in [-0.25, -0.2) is 0 Å². The second kappa shape index (κ2) is 3.73. The first-order valence-electron chi connectivity index (χ1n) is 4.71. The van der Waals surface area contributed by atoms with Crippen LogP contribution in [0.5, 0.6) is 0 Å². The first kappa shape index (κ1) is 8.48. The normalized spacial score (nSPS) is 35.8. The van der Waals surface area contributed by atoms with Crippen molar-refractivity contribution in [1.29, 1.82) is 0 Å². The predicted octanol–water partition coefficient (Wildman–Crippen LogP) is 0.353. The van der Waals surface area contributed by atoms with Crippen molar-refractivity contribution in [3.05, 3.63) is 0 Å². The number of epoxide rings is 1. The summed E-state index contributed by atoms with van der Waals surface area (Å²) in [4.78, 5) is 2.49. The Morgan fingerprint density at radius 3 is 3.08 bits per heavy atom. The second-order valence-electron chi connectivity index (χ2n) is 3.82. The van der Waals surface area contributed by atoms with E-state index in [0.29, 0.717) is 6.10 Å². The van der Waals surface area contributed by atoms with Crippen LogP contribution in [0.1, 0.15) is 6.42 Å². The largest absolute Gasteiger partial charge is 0.384 e. The smallest absolute Gasteiger partial charge is 0.0936 e. The van der Waals surface area contributed by atoms with Crippen LogP contribution in [0, 0.1) is 5.92 Å². The van der Waals surface area contributed by atoms with Crippen LogP contribution in [0.4, 0.5) is 0 Å². The van der Waals surface area contributed by atoms with Gasteiger partial charge in [0, 0.05) is 20.2 Å². The molecule has 2 rings (SSSR count). The summed E-state index contributed by atoms with van der Waals surface area (Å²) in [5, 5.41) is 0. The van der Waals surface area contributed by atoms with Crippen molar-refractivity contribution in [3.63, 3.8) is 0 Å². The first-order valence-corrected chi connectivity index (χ1v) is 4.71. The number of likely N-dealkylation sites (tertiary alicyclic amines) is 1. The monoisotopic (exact) mass is 171 g/mol. The first-order chi connectivity index (χ1) is 5.88. The summed E-state index contributed by atoms with van der Waals surface area (Å²) in [5.41, 5.74) is 0. The summed E-state index contributed by atoms with van der Waals surface area (Å²) in [6.07, 6.45) is 1.84. The number of ether oxygens (including phenoxy) is 2. The molecule has 2 aliphatic heterocycles. The van der Waals surface area contributed by atoms with Crippen LogP contribution in [0.25, 0.3) is 0 Å². The second-order valence-corrected chi connectivity index (χ2v) is 3.82. The van der Waals surface area contributed by atoms with Crippen LogP contribution in [-0.2, 0) is 9.47 Å². The fourth-order valence-corrected chi connectivity index (χ4v) is 1.91. The van der Waals surface area contributed by atoms with Crippen molar-refractivity contribution in [2.45, 2.75) is 12.5 Å². The van der Waals surface area contributed by atoms with Gasteiger partial charge in [-0.3, -0.25) is 0 Å². The van der Waals surface area contributed by atoms with Crippen molar-refractivity contribution in [1.82, 2.24) is 4.90 Å². The standard InChI is InChI=1S/C9H17NO2/c1-11-6-8-2-3-10(4-8)5-9-7-12-9/h8-9H,2-7H2,1H3. The molecule has 0 bridgehead atoms. The Bertz CT molecular complexity index is 147. The Morgan fingerprint density at radius 1 is 1.58 bits per heavy atom. The molecule has 2 heterocycles. The van der Waals surface area contributed by atoms with Gasteiger partial charge >= 0.3 is 0 Å². The molecule has 0 aromatic heterocycles. The fraction of sp³-hybridized carbons (Fsp3) is 1.00. The Kier molecular flexibility index (Phi) is 2.63. The molecule has 70 valence electrons. The Labute approximate surface area is 73.6 Å². The molecule has 0 aromatic rings. The van der Waals surface area contributed by atoms with Crippen LogP contribution in [0.15, 0.2) is 0 Å². The van der Waals surface area contributed by atoms with Crippen LogP contribution in [0.3, 0.4) is 0 Å². The molecule has 2 atom stereocenters. The molecule has 2 saturated heterocycles. The zero-order valence-electron chi connectivity index (χ0n) is 7.66. The number of hydrogen-bond acceptors (Lipinski definition) is 3. The van der Waals surface area contributed by atoms with Crippen molar-refractivity contribution in [2.75, 3.05) is 40.0 Å². The van der Waals surface area contributed by atoms with Gasteiger partial charge in [-0.05, 0) is 18.9 Å². The highest BCUT2D eigenvalue weighted by Gasteiger charge is 2.29. The molecule has 3 heteroatoms. The molecule has 0 saturated carbocycles. The zero-order valence-corrected chi connectivity index (χ0v) is 7.66. The molecule has 3 nitrogen and oxygen atoms in total. The molecule has 2 aliphatic rings. The lowest BCUT2D eigenvalue weighted by atomic mass is 10.1. The van der Waals surface area contributed by atoms with Gasteiger partial charge in [0.2, 0.25) is 0 Å². The third-order valence-electron chi connectivity index (χ3n) is 2.64. The van der Waals surface area contributed by atoms with Gasteiger partial charge in [0.1, 0.15) is 0 Å². The highest BCUT2D eigenvalue weighted by molar-refractivity contribution is 4.81. The molecule has 0 N–H and O–H groups in total. The Hall–Kier alpha value is -0.120. The van der Waals surface area contributed by atoms with E-state index in [1.807, 2.05) is 0 Å². The van der Waals surface area contributed by atoms with E-state index in [0.717, 1.165) is 25.7 Å². The van der Waals surface area contributed by atoms with Crippen molar-refractivity contribution < 1.29 is 9.47 Å². The number of nitrogens with zero attached hydrogens (tertiary/aromatic N) is 1. The van der Waals surface area contributed by atoms with Crippen LogP contribution in [-0.4, -0.2) is 51.0 Å². The summed E-state index contributed by atoms with van der Waals surface area (Å²) in [6.45, 7) is 5.47. The minimum atomic E-state index is 0.547. The van der Waals surface area contributed by atoms with E-state index in [-0.39, 0.29) is 0 Å². The van der Waals surface area contributed by atoms with Gasteiger partial charge < -0.3 is 14.4 Å². The van der Waals surface area contributed by atoms with E-state index in [9.17, 15) is 0 Å². The topological polar surface area (TPSA) is 25.0 Å². The lowest BCUT2D eigenvalue weighted by molar-refractivity contribution is 0.152. The van der Waals surface area contributed by atoms with E-state index < -0.39 is 0 Å². The van der Waals surface area contributed by atoms with Crippen LogP contribution >= 0.6 is 0 Å². The van der Waals surface area contributed by atoms with Crippen LogP contribution in [0.2, 0.25) is 0 Å². The summed E-state index contributed by atoms with van der Waals surface area (Å²) in [7, 11) is 1.78. The molecule has 12 heavy (non-hydrogen) atoms. The summed E-state index contributed by atoms with van der Waals surface area (Å²) in [6, 6.07) is 0. The summed E-state index contributed by atoms with van der Waals surface area (Å²) in [5.74, 6) is 0.758. The minimum absolute atomic E-state index is 0.547. The third-order valence-corrected chi connectivity index (χ3v) is 2.64. The Balaban J connectivity index is 1.66. The maximum absolute atomic E-state index is 5.19. The molecule has 0 aromatic carbocycles. The number of rotatable bonds is 4. The van der Waals surface area contributed by atoms with Gasteiger partial charge in [-0.1, -0.05) is 0 Å². The summed E-state index contributed by atoms with van der Waals surface area (Å²) >= 11 is 0. The Morgan fingerprint density at radius 2 is 2.42 bits per heavy atom. The van der Waals surface area contributed by atoms with Gasteiger partial charge in [-0.15, -0.1) is 0 Å². The third kappa shape index (κ3) is 2.19. The van der Waals surface area contributed by atoms with E-state index >= 15 is 0 Å². The highest BCUT2D eigenvalue weighted by atomic mass is 16.6. The lowest BCUT2D eigenvalue weighted by Crippen LogP contribution is -2.26. The number of hydrogen-bond donors (Lipinski definition) is 0. The molecular weight excluding hydrogens is 154 g/mol. The summed E-state index contributed by atoms with van der Waals surface area (Å²) < 4.78 is 10.3. The molecule has 0 spiro atoms.